The third-order valence-corrected chi connectivity index (χ3v) is 4.92. The second-order valence-corrected chi connectivity index (χ2v) is 5.90. The molecule has 1 aromatic carbocycles. The van der Waals surface area contributed by atoms with Crippen LogP contribution in [-0.4, -0.2) is 29.3 Å². The molecule has 1 aliphatic heterocycles. The molecule has 0 atom stereocenters. The van der Waals surface area contributed by atoms with E-state index in [0.717, 1.165) is 10.6 Å². The van der Waals surface area contributed by atoms with Gasteiger partial charge in [-0.05, 0) is 30.5 Å². The molecule has 21 heavy (non-hydrogen) atoms. The maximum atomic E-state index is 13.2. The number of carbonyl (C=O) groups is 1. The minimum absolute atomic E-state index is 0.0583. The van der Waals surface area contributed by atoms with E-state index in [1.807, 2.05) is 0 Å². The van der Waals surface area contributed by atoms with E-state index >= 15 is 0 Å². The highest BCUT2D eigenvalue weighted by Gasteiger charge is 2.39. The SMILES string of the molecule is O=C(O)c1csc(C2(c3ccc(F)cc3)CCOCC2)n1. The van der Waals surface area contributed by atoms with Crippen LogP contribution in [0.1, 0.15) is 33.9 Å². The molecule has 110 valence electrons. The Labute approximate surface area is 125 Å². The molecule has 2 aromatic rings. The third kappa shape index (κ3) is 2.56. The van der Waals surface area contributed by atoms with Gasteiger partial charge in [0.25, 0.3) is 0 Å². The molecule has 3 rings (SSSR count). The van der Waals surface area contributed by atoms with E-state index in [1.54, 1.807) is 17.5 Å². The van der Waals surface area contributed by atoms with Gasteiger partial charge in [0.05, 0.1) is 5.41 Å². The fraction of sp³-hybridized carbons (Fsp3) is 0.333. The van der Waals surface area contributed by atoms with Crippen LogP contribution in [0.4, 0.5) is 4.39 Å². The van der Waals surface area contributed by atoms with Crippen molar-refractivity contribution in [2.75, 3.05) is 13.2 Å². The van der Waals surface area contributed by atoms with Crippen molar-refractivity contribution in [2.24, 2.45) is 0 Å². The summed E-state index contributed by atoms with van der Waals surface area (Å²) in [7, 11) is 0. The summed E-state index contributed by atoms with van der Waals surface area (Å²) >= 11 is 1.34. The van der Waals surface area contributed by atoms with E-state index in [1.165, 1.54) is 23.5 Å². The minimum atomic E-state index is -1.03. The highest BCUT2D eigenvalue weighted by Crippen LogP contribution is 2.42. The first-order chi connectivity index (χ1) is 10.1. The number of hydrogen-bond acceptors (Lipinski definition) is 4. The summed E-state index contributed by atoms with van der Waals surface area (Å²) in [5, 5.41) is 11.4. The summed E-state index contributed by atoms with van der Waals surface area (Å²) in [4.78, 5) is 15.3. The van der Waals surface area contributed by atoms with Gasteiger partial charge in [0.2, 0.25) is 0 Å². The molecule has 0 amide bonds. The lowest BCUT2D eigenvalue weighted by Crippen LogP contribution is -2.35. The predicted octanol–water partition coefficient (Wildman–Crippen LogP) is 3.08. The van der Waals surface area contributed by atoms with Gasteiger partial charge in [-0.25, -0.2) is 14.2 Å². The van der Waals surface area contributed by atoms with Crippen molar-refractivity contribution in [2.45, 2.75) is 18.3 Å². The predicted molar refractivity (Wildman–Crippen MR) is 76.3 cm³/mol. The molecule has 4 nitrogen and oxygen atoms in total. The van der Waals surface area contributed by atoms with Gasteiger partial charge in [0.1, 0.15) is 10.8 Å². The number of hydrogen-bond donors (Lipinski definition) is 1. The van der Waals surface area contributed by atoms with Crippen molar-refractivity contribution in [3.8, 4) is 0 Å². The van der Waals surface area contributed by atoms with Crippen LogP contribution in [0.25, 0.3) is 0 Å². The second kappa shape index (κ2) is 5.54. The third-order valence-electron chi connectivity index (χ3n) is 3.88. The average molecular weight is 307 g/mol. The number of carboxylic acids is 1. The zero-order valence-corrected chi connectivity index (χ0v) is 12.0. The lowest BCUT2D eigenvalue weighted by molar-refractivity contribution is 0.0626. The molecule has 0 unspecified atom stereocenters. The topological polar surface area (TPSA) is 59.4 Å². The van der Waals surface area contributed by atoms with Crippen LogP contribution in [0.3, 0.4) is 0 Å². The molecule has 1 aliphatic rings. The molecule has 1 saturated heterocycles. The summed E-state index contributed by atoms with van der Waals surface area (Å²) in [6.07, 6.45) is 1.43. The second-order valence-electron chi connectivity index (χ2n) is 5.04. The smallest absolute Gasteiger partial charge is 0.355 e. The zero-order chi connectivity index (χ0) is 14.9. The van der Waals surface area contributed by atoms with Crippen LogP contribution < -0.4 is 0 Å². The number of carboxylic acid groups (broad SMARTS) is 1. The van der Waals surface area contributed by atoms with Gasteiger partial charge in [-0.3, -0.25) is 0 Å². The number of ether oxygens (including phenoxy) is 1. The summed E-state index contributed by atoms with van der Waals surface area (Å²) < 4.78 is 18.6. The standard InChI is InChI=1S/C15H14FNO3S/c16-11-3-1-10(2-4-11)15(5-7-20-8-6-15)14-17-12(9-21-14)13(18)19/h1-4,9H,5-8H2,(H,18,19). The largest absolute Gasteiger partial charge is 0.476 e. The number of halogens is 1. The van der Waals surface area contributed by atoms with Gasteiger partial charge < -0.3 is 9.84 Å². The highest BCUT2D eigenvalue weighted by molar-refractivity contribution is 7.10. The van der Waals surface area contributed by atoms with E-state index < -0.39 is 5.97 Å². The van der Waals surface area contributed by atoms with Crippen molar-refractivity contribution in [3.63, 3.8) is 0 Å². The first kappa shape index (κ1) is 14.2. The van der Waals surface area contributed by atoms with E-state index in [9.17, 15) is 9.18 Å². The maximum absolute atomic E-state index is 13.2. The van der Waals surface area contributed by atoms with Gasteiger partial charge in [0.15, 0.2) is 5.69 Å². The molecular weight excluding hydrogens is 293 g/mol. The van der Waals surface area contributed by atoms with Crippen LogP contribution >= 0.6 is 11.3 Å². The van der Waals surface area contributed by atoms with E-state index in [2.05, 4.69) is 4.98 Å². The zero-order valence-electron chi connectivity index (χ0n) is 11.2. The summed E-state index contributed by atoms with van der Waals surface area (Å²) in [5.41, 5.74) is 0.631. The van der Waals surface area contributed by atoms with Gasteiger partial charge in [-0.2, -0.15) is 0 Å². The summed E-state index contributed by atoms with van der Waals surface area (Å²) in [6.45, 7) is 1.17. The Morgan fingerprint density at radius 2 is 1.95 bits per heavy atom. The molecule has 0 bridgehead atoms. The lowest BCUT2D eigenvalue weighted by Gasteiger charge is -2.36. The molecule has 1 N–H and O–H groups in total. The van der Waals surface area contributed by atoms with E-state index in [4.69, 9.17) is 9.84 Å². The Balaban J connectivity index is 2.07. The van der Waals surface area contributed by atoms with Crippen LogP contribution in [0.15, 0.2) is 29.6 Å². The maximum Gasteiger partial charge on any atom is 0.355 e. The average Bonchev–Trinajstić information content (AvgIpc) is 2.99. The van der Waals surface area contributed by atoms with Gasteiger partial charge >= 0.3 is 5.97 Å². The fourth-order valence-corrected chi connectivity index (χ4v) is 3.78. The first-order valence-electron chi connectivity index (χ1n) is 6.65. The number of thiazole rings is 1. The molecular formula is C15H14FNO3S. The molecule has 1 fully saturated rings. The highest BCUT2D eigenvalue weighted by atomic mass is 32.1. The number of aromatic nitrogens is 1. The van der Waals surface area contributed by atoms with Crippen molar-refractivity contribution in [1.82, 2.24) is 4.98 Å². The van der Waals surface area contributed by atoms with Crippen LogP contribution in [0, 0.1) is 5.82 Å². The lowest BCUT2D eigenvalue weighted by atomic mass is 9.74. The van der Waals surface area contributed by atoms with Crippen molar-refractivity contribution in [1.29, 1.82) is 0 Å². The summed E-state index contributed by atoms with van der Waals surface area (Å²) in [5.74, 6) is -1.31. The Bertz CT molecular complexity index is 647. The Hall–Kier alpha value is -1.79. The fourth-order valence-electron chi connectivity index (χ4n) is 2.71. The van der Waals surface area contributed by atoms with Crippen LogP contribution in [0.5, 0.6) is 0 Å². The van der Waals surface area contributed by atoms with Gasteiger partial charge in [0, 0.05) is 18.6 Å². The Kier molecular flexibility index (Phi) is 3.73. The van der Waals surface area contributed by atoms with Gasteiger partial charge in [-0.1, -0.05) is 12.1 Å². The van der Waals surface area contributed by atoms with Crippen molar-refractivity contribution in [3.05, 3.63) is 51.7 Å². The first-order valence-corrected chi connectivity index (χ1v) is 7.53. The monoisotopic (exact) mass is 307 g/mol. The minimum Gasteiger partial charge on any atom is -0.476 e. The normalized spacial score (nSPS) is 17.6. The number of nitrogens with zero attached hydrogens (tertiary/aromatic N) is 1. The van der Waals surface area contributed by atoms with Crippen molar-refractivity contribution >= 4 is 17.3 Å². The molecule has 6 heteroatoms. The number of aromatic carboxylic acids is 1. The summed E-state index contributed by atoms with van der Waals surface area (Å²) in [6, 6.07) is 6.36. The number of rotatable bonds is 3. The molecule has 0 radical (unpaired) electrons. The van der Waals surface area contributed by atoms with E-state index in [0.29, 0.717) is 26.1 Å². The Morgan fingerprint density at radius 3 is 2.52 bits per heavy atom. The number of benzene rings is 1. The molecule has 0 spiro atoms. The molecule has 0 aliphatic carbocycles. The molecule has 0 saturated carbocycles. The van der Waals surface area contributed by atoms with Gasteiger partial charge in [-0.15, -0.1) is 11.3 Å². The van der Waals surface area contributed by atoms with Crippen LogP contribution in [-0.2, 0) is 10.2 Å². The van der Waals surface area contributed by atoms with Crippen LogP contribution in [0.2, 0.25) is 0 Å². The van der Waals surface area contributed by atoms with E-state index in [-0.39, 0.29) is 16.9 Å². The molecule has 1 aromatic heterocycles. The van der Waals surface area contributed by atoms with Crippen molar-refractivity contribution < 1.29 is 19.0 Å². The Morgan fingerprint density at radius 1 is 1.29 bits per heavy atom. The molecule has 2 heterocycles. The quantitative estimate of drug-likeness (QED) is 0.946.